The number of rotatable bonds is 54. The van der Waals surface area contributed by atoms with Crippen LogP contribution >= 0.6 is 0 Å². The molecule has 0 aromatic rings. The van der Waals surface area contributed by atoms with Gasteiger partial charge in [-0.15, -0.1) is 0 Å². The molecule has 0 aliphatic heterocycles. The van der Waals surface area contributed by atoms with E-state index in [1.54, 1.807) is 0 Å². The Kier molecular flexibility index (Phi) is 63.4. The Balaban J connectivity index is -0.00000124. The predicted molar refractivity (Wildman–Crippen MR) is 297 cm³/mol. The van der Waals surface area contributed by atoms with Gasteiger partial charge in [0, 0.05) is 11.8 Å². The van der Waals surface area contributed by atoms with E-state index in [-0.39, 0.29) is 62.8 Å². The minimum Gasteiger partial charge on any atom is -0.726 e. The van der Waals surface area contributed by atoms with Gasteiger partial charge in [0.1, 0.15) is 0 Å². The zero-order valence-electron chi connectivity index (χ0n) is 46.2. The maximum Gasteiger partial charge on any atom is 2.00 e. The minimum absolute atomic E-state index is 0. The molecule has 0 spiro atoms. The standard InChI is InChI=1S/2C29H58O4S.Ca/c2*1-3-5-7-9-11-13-15-16-17-19-21-23-25-27-29(28-33-34(30,31)32)26-24-22-20-18-14-12-10-8-6-4-2;/h2*25,27,29H,3-24,26,28H2,1-2H3,(H,30,31,32);/q;;+2/p-2/b2*27-25+;. The molecular weight excluding hydrogens is 929 g/mol. The molecule has 0 saturated carbocycles. The van der Waals surface area contributed by atoms with Crippen molar-refractivity contribution in [3.05, 3.63) is 24.3 Å². The molecule has 0 saturated heterocycles. The first-order valence-corrected chi connectivity index (χ1v) is 32.2. The van der Waals surface area contributed by atoms with Gasteiger partial charge in [-0.05, 0) is 38.5 Å². The average molecular weight is 1040 g/mol. The molecule has 408 valence electrons. The third-order valence-corrected chi connectivity index (χ3v) is 14.3. The monoisotopic (exact) mass is 1040 g/mol. The normalized spacial score (nSPS) is 13.0. The first kappa shape index (κ1) is 73.7. The maximum atomic E-state index is 10.9. The van der Waals surface area contributed by atoms with Gasteiger partial charge in [-0.25, -0.2) is 16.8 Å². The number of hydrogen-bond donors (Lipinski definition) is 0. The van der Waals surface area contributed by atoms with Gasteiger partial charge in [-0.2, -0.15) is 0 Å². The largest absolute Gasteiger partial charge is 2.00 e. The van der Waals surface area contributed by atoms with E-state index in [1.807, 2.05) is 0 Å². The van der Waals surface area contributed by atoms with Crippen molar-refractivity contribution in [2.45, 2.75) is 323 Å². The first-order valence-electron chi connectivity index (χ1n) is 29.5. The molecule has 0 fully saturated rings. The zero-order valence-corrected chi connectivity index (χ0v) is 50.0. The molecule has 0 bridgehead atoms. The molecular formula is C58H114CaO8S2. The molecule has 0 radical (unpaired) electrons. The second-order valence-corrected chi connectivity index (χ2v) is 22.5. The van der Waals surface area contributed by atoms with E-state index in [1.165, 1.54) is 257 Å². The Morgan fingerprint density at radius 3 is 0.710 bits per heavy atom. The molecule has 2 unspecified atom stereocenters. The van der Waals surface area contributed by atoms with Gasteiger partial charge in [0.05, 0.1) is 13.2 Å². The Morgan fingerprint density at radius 1 is 0.319 bits per heavy atom. The van der Waals surface area contributed by atoms with Gasteiger partial charge in [0.15, 0.2) is 0 Å². The summed E-state index contributed by atoms with van der Waals surface area (Å²) in [6.07, 6.45) is 67.4. The zero-order chi connectivity index (χ0) is 50.3. The van der Waals surface area contributed by atoms with Crippen molar-refractivity contribution in [1.82, 2.24) is 0 Å². The molecule has 0 aromatic heterocycles. The summed E-state index contributed by atoms with van der Waals surface area (Å²) in [4.78, 5) is 0. The van der Waals surface area contributed by atoms with Crippen LogP contribution in [0.2, 0.25) is 0 Å². The van der Waals surface area contributed by atoms with E-state index in [2.05, 4.69) is 60.4 Å². The summed E-state index contributed by atoms with van der Waals surface area (Å²) in [5.74, 6) is 0.0379. The van der Waals surface area contributed by atoms with E-state index in [4.69, 9.17) is 0 Å². The van der Waals surface area contributed by atoms with Crippen LogP contribution in [0, 0.1) is 11.8 Å². The predicted octanol–water partition coefficient (Wildman–Crippen LogP) is 18.9. The van der Waals surface area contributed by atoms with E-state index in [0.717, 1.165) is 38.5 Å². The molecule has 2 atom stereocenters. The van der Waals surface area contributed by atoms with Crippen LogP contribution in [-0.4, -0.2) is 76.9 Å². The van der Waals surface area contributed by atoms with Crippen LogP contribution in [-0.2, 0) is 29.2 Å². The smallest absolute Gasteiger partial charge is 0.726 e. The molecule has 0 aliphatic rings. The molecule has 69 heavy (non-hydrogen) atoms. The molecule has 0 amide bonds. The third-order valence-electron chi connectivity index (χ3n) is 13.5. The van der Waals surface area contributed by atoms with E-state index in [9.17, 15) is 25.9 Å². The fourth-order valence-electron chi connectivity index (χ4n) is 9.03. The van der Waals surface area contributed by atoms with Gasteiger partial charge < -0.3 is 9.11 Å². The maximum absolute atomic E-state index is 10.9. The van der Waals surface area contributed by atoms with Crippen LogP contribution in [0.25, 0.3) is 0 Å². The van der Waals surface area contributed by atoms with E-state index in [0.29, 0.717) is 0 Å². The first-order chi connectivity index (χ1) is 33.0. The molecule has 8 nitrogen and oxygen atoms in total. The summed E-state index contributed by atoms with van der Waals surface area (Å²) in [6, 6.07) is 0. The fraction of sp³-hybridized carbons (Fsp3) is 0.931. The summed E-state index contributed by atoms with van der Waals surface area (Å²) in [7, 11) is -9.23. The molecule has 0 N–H and O–H groups in total. The Bertz CT molecular complexity index is 1160. The van der Waals surface area contributed by atoms with Gasteiger partial charge in [-0.3, -0.25) is 8.37 Å². The fourth-order valence-corrected chi connectivity index (χ4v) is 9.71. The van der Waals surface area contributed by atoms with E-state index >= 15 is 0 Å². The quantitative estimate of drug-likeness (QED) is 0.0193. The minimum atomic E-state index is -4.61. The van der Waals surface area contributed by atoms with Crippen molar-refractivity contribution < 1.29 is 34.3 Å². The van der Waals surface area contributed by atoms with Gasteiger partial charge in [-0.1, -0.05) is 309 Å². The molecule has 0 aliphatic carbocycles. The Hall–Kier alpha value is 0.480. The number of allylic oxidation sites excluding steroid dienone is 2. The molecule has 11 heteroatoms. The summed E-state index contributed by atoms with van der Waals surface area (Å²) in [6.45, 7) is 8.99. The van der Waals surface area contributed by atoms with Crippen LogP contribution in [0.15, 0.2) is 24.3 Å². The van der Waals surface area contributed by atoms with Crippen molar-refractivity contribution in [3.8, 4) is 0 Å². The number of hydrogen-bond acceptors (Lipinski definition) is 8. The SMILES string of the molecule is CCCCCCCCCCCCC/C=C/C(CCCCCCCCCCCC)COS(=O)(=O)[O-].CCCCCCCCCCCCC/C=C/C(CCCCCCCCCCCC)COS(=O)(=O)[O-].[Ca+2]. The summed E-state index contributed by atoms with van der Waals surface area (Å²) >= 11 is 0. The van der Waals surface area contributed by atoms with Crippen LogP contribution in [0.4, 0.5) is 0 Å². The second kappa shape index (κ2) is 59.4. The van der Waals surface area contributed by atoms with Crippen LogP contribution in [0.1, 0.15) is 323 Å². The van der Waals surface area contributed by atoms with Gasteiger partial charge >= 0.3 is 37.7 Å². The molecule has 0 aromatic carbocycles. The van der Waals surface area contributed by atoms with Crippen molar-refractivity contribution in [3.63, 3.8) is 0 Å². The van der Waals surface area contributed by atoms with Gasteiger partial charge in [0.2, 0.25) is 20.8 Å². The average Bonchev–Trinajstić information content (AvgIpc) is 3.30. The van der Waals surface area contributed by atoms with Crippen molar-refractivity contribution in [1.29, 1.82) is 0 Å². The third kappa shape index (κ3) is 68.5. The Labute approximate surface area is 461 Å². The van der Waals surface area contributed by atoms with Crippen LogP contribution in [0.3, 0.4) is 0 Å². The van der Waals surface area contributed by atoms with Crippen LogP contribution in [0.5, 0.6) is 0 Å². The summed E-state index contributed by atoms with van der Waals surface area (Å²) < 4.78 is 74.3. The molecule has 0 rings (SSSR count). The summed E-state index contributed by atoms with van der Waals surface area (Å²) in [5.41, 5.74) is 0. The second-order valence-electron chi connectivity index (χ2n) is 20.4. The van der Waals surface area contributed by atoms with Gasteiger partial charge in [0.25, 0.3) is 0 Å². The topological polar surface area (TPSA) is 133 Å². The summed E-state index contributed by atoms with van der Waals surface area (Å²) in [5, 5.41) is 0. The van der Waals surface area contributed by atoms with Crippen LogP contribution < -0.4 is 0 Å². The van der Waals surface area contributed by atoms with Crippen molar-refractivity contribution in [2.24, 2.45) is 11.8 Å². The van der Waals surface area contributed by atoms with Crippen molar-refractivity contribution >= 4 is 58.5 Å². The van der Waals surface area contributed by atoms with E-state index < -0.39 is 20.8 Å². The Morgan fingerprint density at radius 2 is 0.507 bits per heavy atom. The number of unbranched alkanes of at least 4 members (excludes halogenated alkanes) is 40. The molecule has 0 heterocycles. The van der Waals surface area contributed by atoms with Crippen molar-refractivity contribution in [2.75, 3.05) is 13.2 Å².